The van der Waals surface area contributed by atoms with Gasteiger partial charge in [-0.15, -0.1) is 0 Å². The van der Waals surface area contributed by atoms with E-state index in [9.17, 15) is 9.18 Å². The molecule has 0 aliphatic carbocycles. The van der Waals surface area contributed by atoms with E-state index < -0.39 is 5.82 Å². The highest BCUT2D eigenvalue weighted by Gasteiger charge is 2.27. The van der Waals surface area contributed by atoms with Gasteiger partial charge in [0.2, 0.25) is 0 Å². The van der Waals surface area contributed by atoms with E-state index in [0.717, 1.165) is 37.1 Å². The van der Waals surface area contributed by atoms with Crippen molar-refractivity contribution in [1.29, 1.82) is 0 Å². The van der Waals surface area contributed by atoms with Crippen LogP contribution in [-0.2, 0) is 0 Å². The molecule has 0 aromatic heterocycles. The first-order valence-corrected chi connectivity index (χ1v) is 12.2. The van der Waals surface area contributed by atoms with Crippen LogP contribution in [0.5, 0.6) is 0 Å². The van der Waals surface area contributed by atoms with E-state index in [-0.39, 0.29) is 17.0 Å². The van der Waals surface area contributed by atoms with Crippen molar-refractivity contribution >= 4 is 34.9 Å². The van der Waals surface area contributed by atoms with E-state index in [0.29, 0.717) is 23.2 Å². The quantitative estimate of drug-likeness (QED) is 0.381. The molecule has 1 unspecified atom stereocenters. The number of nitrogens with one attached hydrogen (secondary N) is 2. The Morgan fingerprint density at radius 2 is 1.76 bits per heavy atom. The van der Waals surface area contributed by atoms with Gasteiger partial charge in [-0.1, -0.05) is 59.6 Å². The van der Waals surface area contributed by atoms with Gasteiger partial charge in [-0.05, 0) is 85.9 Å². The minimum Gasteiger partial charge on any atom is -0.337 e. The second kappa shape index (κ2) is 11.2. The second-order valence-corrected chi connectivity index (χ2v) is 9.69. The second-order valence-electron chi connectivity index (χ2n) is 8.84. The van der Waals surface area contributed by atoms with Crippen LogP contribution in [0.25, 0.3) is 11.1 Å². The number of hydrogen-bond donors (Lipinski definition) is 2. The summed E-state index contributed by atoms with van der Waals surface area (Å²) < 4.78 is 13.4. The Labute approximate surface area is 210 Å². The first-order valence-electron chi connectivity index (χ1n) is 11.4. The summed E-state index contributed by atoms with van der Waals surface area (Å²) in [7, 11) is 2.14. The highest BCUT2D eigenvalue weighted by Crippen LogP contribution is 2.33. The number of likely N-dealkylation sites (tertiary alicyclic amines) is 1. The first kappa shape index (κ1) is 24.5. The van der Waals surface area contributed by atoms with Crippen LogP contribution < -0.4 is 10.6 Å². The fourth-order valence-electron chi connectivity index (χ4n) is 4.53. The first-order chi connectivity index (χ1) is 16.4. The van der Waals surface area contributed by atoms with E-state index in [4.69, 9.17) is 23.2 Å². The zero-order valence-corrected chi connectivity index (χ0v) is 20.5. The molecular formula is C27H28Cl2FN3O. The lowest BCUT2D eigenvalue weighted by Gasteiger charge is -2.35. The minimum absolute atomic E-state index is 0.0261. The van der Waals surface area contributed by atoms with Gasteiger partial charge < -0.3 is 15.5 Å². The number of halogens is 3. The van der Waals surface area contributed by atoms with Gasteiger partial charge in [0.15, 0.2) is 0 Å². The third-order valence-corrected chi connectivity index (χ3v) is 7.01. The lowest BCUT2D eigenvalue weighted by atomic mass is 9.79. The maximum absolute atomic E-state index is 13.4. The van der Waals surface area contributed by atoms with E-state index in [1.807, 2.05) is 24.3 Å². The van der Waals surface area contributed by atoms with Crippen LogP contribution in [0.15, 0.2) is 66.7 Å². The summed E-state index contributed by atoms with van der Waals surface area (Å²) in [6.45, 7) is 2.59. The summed E-state index contributed by atoms with van der Waals surface area (Å²) in [5, 5.41) is 6.43. The Bertz CT molecular complexity index is 1130. The van der Waals surface area contributed by atoms with Crippen molar-refractivity contribution in [3.63, 3.8) is 0 Å². The zero-order valence-electron chi connectivity index (χ0n) is 19.0. The molecule has 1 heterocycles. The van der Waals surface area contributed by atoms with Gasteiger partial charge in [0.05, 0.1) is 5.02 Å². The zero-order chi connectivity index (χ0) is 24.1. The molecule has 3 aromatic rings. The van der Waals surface area contributed by atoms with Crippen LogP contribution in [0.3, 0.4) is 0 Å². The molecule has 0 spiro atoms. The molecule has 178 valence electrons. The van der Waals surface area contributed by atoms with Crippen LogP contribution in [0, 0.1) is 11.7 Å². The predicted molar refractivity (Wildman–Crippen MR) is 138 cm³/mol. The van der Waals surface area contributed by atoms with Gasteiger partial charge >= 0.3 is 6.03 Å². The number of carbonyl (C=O) groups is 1. The Balaban J connectivity index is 1.47. The van der Waals surface area contributed by atoms with Gasteiger partial charge in [-0.2, -0.15) is 0 Å². The van der Waals surface area contributed by atoms with E-state index >= 15 is 0 Å². The standard InChI is InChI=1S/C27H28Cl2FN3O/c1-33-13-11-20(12-14-33)24(17-31-27(34)32-23-9-10-26(30)25(29)16-23)19-7-5-18(6-8-19)21-3-2-4-22(28)15-21/h2-10,15-16,20,24H,11-14,17H2,1H3,(H2,31,32,34). The summed E-state index contributed by atoms with van der Waals surface area (Å²) in [6, 6.07) is 20.1. The van der Waals surface area contributed by atoms with Crippen molar-refractivity contribution in [2.24, 2.45) is 5.92 Å². The topological polar surface area (TPSA) is 44.4 Å². The molecule has 0 radical (unpaired) electrons. The fraction of sp³-hybridized carbons (Fsp3) is 0.296. The summed E-state index contributed by atoms with van der Waals surface area (Å²) in [6.07, 6.45) is 2.15. The van der Waals surface area contributed by atoms with Crippen molar-refractivity contribution in [2.45, 2.75) is 18.8 Å². The third-order valence-electron chi connectivity index (χ3n) is 6.49. The molecule has 0 saturated carbocycles. The van der Waals surface area contributed by atoms with E-state index in [1.165, 1.54) is 23.8 Å². The Kier molecular flexibility index (Phi) is 8.09. The molecule has 4 rings (SSSR count). The molecule has 1 fully saturated rings. The molecule has 1 saturated heterocycles. The van der Waals surface area contributed by atoms with Crippen molar-refractivity contribution in [1.82, 2.24) is 10.2 Å². The largest absolute Gasteiger partial charge is 0.337 e. The number of anilines is 1. The summed E-state index contributed by atoms with van der Waals surface area (Å²) in [5.41, 5.74) is 3.83. The van der Waals surface area contributed by atoms with Crippen molar-refractivity contribution < 1.29 is 9.18 Å². The normalized spacial score (nSPS) is 15.6. The average molecular weight is 500 g/mol. The predicted octanol–water partition coefficient (Wildman–Crippen LogP) is 7.05. The number of urea groups is 1. The van der Waals surface area contributed by atoms with Crippen molar-refractivity contribution in [3.05, 3.63) is 88.2 Å². The molecule has 3 aromatic carbocycles. The number of benzene rings is 3. The Hall–Kier alpha value is -2.60. The van der Waals surface area contributed by atoms with Gasteiger partial charge in [0.25, 0.3) is 0 Å². The molecule has 1 aliphatic rings. The van der Waals surface area contributed by atoms with E-state index in [1.54, 1.807) is 0 Å². The molecule has 2 N–H and O–H groups in total. The number of rotatable bonds is 6. The number of hydrogen-bond acceptors (Lipinski definition) is 2. The molecule has 7 heteroatoms. The molecule has 34 heavy (non-hydrogen) atoms. The highest BCUT2D eigenvalue weighted by molar-refractivity contribution is 6.31. The van der Waals surface area contributed by atoms with Crippen LogP contribution in [0.2, 0.25) is 10.0 Å². The highest BCUT2D eigenvalue weighted by atomic mass is 35.5. The van der Waals surface area contributed by atoms with Crippen molar-refractivity contribution in [3.8, 4) is 11.1 Å². The van der Waals surface area contributed by atoms with Crippen molar-refractivity contribution in [2.75, 3.05) is 32.0 Å². The fourth-order valence-corrected chi connectivity index (χ4v) is 4.90. The van der Waals surface area contributed by atoms with Gasteiger partial charge in [-0.25, -0.2) is 9.18 Å². The summed E-state index contributed by atoms with van der Waals surface area (Å²) in [4.78, 5) is 14.9. The SMILES string of the molecule is CN1CCC(C(CNC(=O)Nc2ccc(F)c(Cl)c2)c2ccc(-c3cccc(Cl)c3)cc2)CC1. The number of carbonyl (C=O) groups excluding carboxylic acids is 1. The monoisotopic (exact) mass is 499 g/mol. The Morgan fingerprint density at radius 1 is 1.03 bits per heavy atom. The summed E-state index contributed by atoms with van der Waals surface area (Å²) in [5.74, 6) is 0.134. The molecule has 0 bridgehead atoms. The van der Waals surface area contributed by atoms with Crippen LogP contribution in [-0.4, -0.2) is 37.6 Å². The number of nitrogens with zero attached hydrogens (tertiary/aromatic N) is 1. The van der Waals surface area contributed by atoms with Crippen LogP contribution in [0.4, 0.5) is 14.9 Å². The number of amides is 2. The average Bonchev–Trinajstić information content (AvgIpc) is 2.83. The lowest BCUT2D eigenvalue weighted by molar-refractivity contribution is 0.195. The maximum atomic E-state index is 13.4. The molecular weight excluding hydrogens is 472 g/mol. The van der Waals surface area contributed by atoms with Crippen LogP contribution >= 0.6 is 23.2 Å². The molecule has 1 atom stereocenters. The smallest absolute Gasteiger partial charge is 0.319 e. The van der Waals surface area contributed by atoms with Gasteiger partial charge in [-0.3, -0.25) is 0 Å². The van der Waals surface area contributed by atoms with E-state index in [2.05, 4.69) is 46.8 Å². The lowest BCUT2D eigenvalue weighted by Crippen LogP contribution is -2.38. The van der Waals surface area contributed by atoms with Crippen LogP contribution in [0.1, 0.15) is 24.3 Å². The molecule has 1 aliphatic heterocycles. The molecule has 2 amide bonds. The van der Waals surface area contributed by atoms with Gasteiger partial charge in [0.1, 0.15) is 5.82 Å². The Morgan fingerprint density at radius 3 is 2.44 bits per heavy atom. The molecule has 4 nitrogen and oxygen atoms in total. The number of piperidine rings is 1. The van der Waals surface area contributed by atoms with Gasteiger partial charge in [0, 0.05) is 23.2 Å². The third kappa shape index (κ3) is 6.29. The minimum atomic E-state index is -0.517. The maximum Gasteiger partial charge on any atom is 0.319 e. The summed E-state index contributed by atoms with van der Waals surface area (Å²) >= 11 is 12.0.